The molecule has 0 aliphatic rings. The predicted octanol–water partition coefficient (Wildman–Crippen LogP) is 23.2. The van der Waals surface area contributed by atoms with Crippen molar-refractivity contribution in [2.75, 3.05) is 13.2 Å². The summed E-state index contributed by atoms with van der Waals surface area (Å²) in [6.07, 6.45) is 80.2. The summed E-state index contributed by atoms with van der Waals surface area (Å²) >= 11 is 0. The highest BCUT2D eigenvalue weighted by atomic mass is 16.6. The van der Waals surface area contributed by atoms with Crippen LogP contribution in [0.4, 0.5) is 0 Å². The van der Waals surface area contributed by atoms with Crippen molar-refractivity contribution in [1.29, 1.82) is 0 Å². The average Bonchev–Trinajstić information content (AvgIpc) is 3.42. The summed E-state index contributed by atoms with van der Waals surface area (Å²) in [6, 6.07) is 0. The normalized spacial score (nSPS) is 12.2. The Kier molecular flexibility index (Phi) is 63.1. The third-order valence-corrected chi connectivity index (χ3v) is 15.4. The molecule has 0 radical (unpaired) electrons. The van der Waals surface area contributed by atoms with Gasteiger partial charge in [0.15, 0.2) is 6.10 Å². The van der Waals surface area contributed by atoms with E-state index in [0.29, 0.717) is 19.3 Å². The lowest BCUT2D eigenvalue weighted by molar-refractivity contribution is -0.167. The summed E-state index contributed by atoms with van der Waals surface area (Å²) in [7, 11) is 0. The zero-order chi connectivity index (χ0) is 55.0. The highest BCUT2D eigenvalue weighted by Gasteiger charge is 2.19. The Labute approximate surface area is 474 Å². The third kappa shape index (κ3) is 62.5. The van der Waals surface area contributed by atoms with Gasteiger partial charge in [-0.3, -0.25) is 14.4 Å². The van der Waals surface area contributed by atoms with Gasteiger partial charge in [-0.25, -0.2) is 0 Å². The minimum atomic E-state index is -0.782. The quantitative estimate of drug-likeness (QED) is 0.0261. The van der Waals surface area contributed by atoms with Crippen LogP contribution < -0.4 is 0 Å². The molecule has 0 bridgehead atoms. The number of esters is 3. The first kappa shape index (κ1) is 73.6. The molecule has 0 aromatic heterocycles. The second-order valence-electron chi connectivity index (χ2n) is 23.1. The maximum atomic E-state index is 12.9. The van der Waals surface area contributed by atoms with E-state index in [-0.39, 0.29) is 31.1 Å². The van der Waals surface area contributed by atoms with Crippen molar-refractivity contribution in [2.24, 2.45) is 0 Å². The van der Waals surface area contributed by atoms with E-state index in [4.69, 9.17) is 14.2 Å². The van der Waals surface area contributed by atoms with Crippen LogP contribution in [0.15, 0.2) is 36.5 Å². The fourth-order valence-electron chi connectivity index (χ4n) is 10.2. The van der Waals surface area contributed by atoms with Crippen molar-refractivity contribution in [3.8, 4) is 0 Å². The molecule has 0 rings (SSSR count). The Morgan fingerprint density at radius 3 is 0.750 bits per heavy atom. The molecular weight excluding hydrogens is 937 g/mol. The Balaban J connectivity index is 4.25. The van der Waals surface area contributed by atoms with Gasteiger partial charge < -0.3 is 14.2 Å². The van der Waals surface area contributed by atoms with Crippen LogP contribution in [-0.2, 0) is 28.6 Å². The van der Waals surface area contributed by atoms with E-state index in [0.717, 1.165) is 89.9 Å². The van der Waals surface area contributed by atoms with Crippen LogP contribution in [0.1, 0.15) is 374 Å². The number of carbonyl (C=O) groups excluding carboxylic acids is 3. The van der Waals surface area contributed by atoms with Gasteiger partial charge in [-0.15, -0.1) is 0 Å². The van der Waals surface area contributed by atoms with Gasteiger partial charge in [-0.05, 0) is 77.0 Å². The molecule has 0 aliphatic carbocycles. The third-order valence-electron chi connectivity index (χ3n) is 15.4. The molecule has 0 amide bonds. The highest BCUT2D eigenvalue weighted by Crippen LogP contribution is 2.18. The van der Waals surface area contributed by atoms with Crippen LogP contribution in [-0.4, -0.2) is 37.2 Å². The molecule has 76 heavy (non-hydrogen) atoms. The van der Waals surface area contributed by atoms with E-state index in [9.17, 15) is 14.4 Å². The first-order chi connectivity index (χ1) is 37.5. The van der Waals surface area contributed by atoms with E-state index in [1.54, 1.807) is 0 Å². The van der Waals surface area contributed by atoms with Gasteiger partial charge in [-0.1, -0.05) is 314 Å². The van der Waals surface area contributed by atoms with Crippen molar-refractivity contribution < 1.29 is 28.6 Å². The summed E-state index contributed by atoms with van der Waals surface area (Å²) in [5, 5.41) is 0. The van der Waals surface area contributed by atoms with Crippen molar-refractivity contribution in [3.05, 3.63) is 36.5 Å². The smallest absolute Gasteiger partial charge is 0.306 e. The summed E-state index contributed by atoms with van der Waals surface area (Å²) in [4.78, 5) is 38.3. The summed E-state index contributed by atoms with van der Waals surface area (Å²) in [5.41, 5.74) is 0. The van der Waals surface area contributed by atoms with Gasteiger partial charge in [0.05, 0.1) is 0 Å². The Bertz CT molecular complexity index is 1270. The van der Waals surface area contributed by atoms with Gasteiger partial charge in [0.1, 0.15) is 13.2 Å². The molecule has 446 valence electrons. The van der Waals surface area contributed by atoms with Crippen molar-refractivity contribution in [2.45, 2.75) is 380 Å². The predicted molar refractivity (Wildman–Crippen MR) is 330 cm³/mol. The van der Waals surface area contributed by atoms with E-state index >= 15 is 0 Å². The van der Waals surface area contributed by atoms with Crippen molar-refractivity contribution in [3.63, 3.8) is 0 Å². The van der Waals surface area contributed by atoms with E-state index in [1.165, 1.54) is 244 Å². The zero-order valence-electron chi connectivity index (χ0n) is 51.3. The lowest BCUT2D eigenvalue weighted by Gasteiger charge is -2.18. The van der Waals surface area contributed by atoms with Gasteiger partial charge in [0, 0.05) is 19.3 Å². The number of carbonyl (C=O) groups is 3. The molecule has 0 aliphatic heterocycles. The summed E-state index contributed by atoms with van der Waals surface area (Å²) in [5.74, 6) is -0.874. The number of hydrogen-bond donors (Lipinski definition) is 0. The molecular formula is C70H130O6. The molecule has 0 aromatic carbocycles. The number of rotatable bonds is 63. The Hall–Kier alpha value is -2.37. The molecule has 1 atom stereocenters. The second-order valence-corrected chi connectivity index (χ2v) is 23.1. The number of ether oxygens (including phenoxy) is 3. The minimum absolute atomic E-state index is 0.0763. The standard InChI is InChI=1S/C70H130O6/c1-4-7-10-13-16-19-22-25-28-31-32-33-34-35-36-37-38-39-40-43-45-48-51-54-57-60-63-69(72)75-66-67(76-70(73)64-61-58-55-52-49-46-42-30-27-24-21-18-15-12-9-6-3)65-74-68(71)62-59-56-53-50-47-44-41-29-26-23-20-17-14-11-8-5-2/h21,24,29-30,41-42,67H,4-20,22-23,25-28,31-40,43-66H2,1-3H3/b24-21-,41-29-,42-30-. The van der Waals surface area contributed by atoms with Crippen LogP contribution >= 0.6 is 0 Å². The molecule has 0 fully saturated rings. The summed E-state index contributed by atoms with van der Waals surface area (Å²) in [6.45, 7) is 6.67. The number of allylic oxidation sites excluding steroid dienone is 6. The molecule has 0 N–H and O–H groups in total. The number of hydrogen-bond acceptors (Lipinski definition) is 6. The minimum Gasteiger partial charge on any atom is -0.462 e. The number of unbranched alkanes of at least 4 members (excludes halogenated alkanes) is 46. The largest absolute Gasteiger partial charge is 0.462 e. The van der Waals surface area contributed by atoms with Crippen molar-refractivity contribution >= 4 is 17.9 Å². The monoisotopic (exact) mass is 1070 g/mol. The maximum absolute atomic E-state index is 12.9. The molecule has 0 spiro atoms. The van der Waals surface area contributed by atoms with Gasteiger partial charge >= 0.3 is 17.9 Å². The SMILES string of the molecule is CCCCCC/C=C\C/C=C\CCCCCCCC(=O)OC(COC(=O)CCCCCCC/C=C\CCCCCCCCC)COC(=O)CCCCCCCCCCCCCCCCCCCCCCCCCCCC. The van der Waals surface area contributed by atoms with E-state index < -0.39 is 6.10 Å². The van der Waals surface area contributed by atoms with Gasteiger partial charge in [0.25, 0.3) is 0 Å². The van der Waals surface area contributed by atoms with E-state index in [1.807, 2.05) is 0 Å². The first-order valence-electron chi connectivity index (χ1n) is 34.0. The molecule has 0 saturated carbocycles. The zero-order valence-corrected chi connectivity index (χ0v) is 51.3. The van der Waals surface area contributed by atoms with Crippen LogP contribution in [0.2, 0.25) is 0 Å². The van der Waals surface area contributed by atoms with Crippen LogP contribution in [0.25, 0.3) is 0 Å². The average molecular weight is 1070 g/mol. The maximum Gasteiger partial charge on any atom is 0.306 e. The Morgan fingerprint density at radius 2 is 0.474 bits per heavy atom. The molecule has 6 heteroatoms. The first-order valence-corrected chi connectivity index (χ1v) is 34.0. The van der Waals surface area contributed by atoms with Gasteiger partial charge in [0.2, 0.25) is 0 Å². The Morgan fingerprint density at radius 1 is 0.263 bits per heavy atom. The van der Waals surface area contributed by atoms with Gasteiger partial charge in [-0.2, -0.15) is 0 Å². The second kappa shape index (κ2) is 65.2. The molecule has 0 saturated heterocycles. The van der Waals surface area contributed by atoms with Crippen LogP contribution in [0.5, 0.6) is 0 Å². The lowest BCUT2D eigenvalue weighted by atomic mass is 10.0. The summed E-state index contributed by atoms with van der Waals surface area (Å²) < 4.78 is 16.9. The fourth-order valence-corrected chi connectivity index (χ4v) is 10.2. The molecule has 1 unspecified atom stereocenters. The van der Waals surface area contributed by atoms with Crippen molar-refractivity contribution in [1.82, 2.24) is 0 Å². The molecule has 6 nitrogen and oxygen atoms in total. The highest BCUT2D eigenvalue weighted by molar-refractivity contribution is 5.71. The lowest BCUT2D eigenvalue weighted by Crippen LogP contribution is -2.30. The van der Waals surface area contributed by atoms with Crippen LogP contribution in [0.3, 0.4) is 0 Å². The molecule has 0 aromatic rings. The van der Waals surface area contributed by atoms with Crippen LogP contribution in [0, 0.1) is 0 Å². The van der Waals surface area contributed by atoms with E-state index in [2.05, 4.69) is 57.2 Å². The fraction of sp³-hybridized carbons (Fsp3) is 0.871. The topological polar surface area (TPSA) is 78.9 Å². The molecule has 0 heterocycles.